The van der Waals surface area contributed by atoms with Crippen LogP contribution in [0.25, 0.3) is 0 Å². The molecule has 1 N–H and O–H groups in total. The number of carbonyl (C=O) groups excluding carboxylic acids is 2. The summed E-state index contributed by atoms with van der Waals surface area (Å²) < 4.78 is 0. The van der Waals surface area contributed by atoms with Gasteiger partial charge in [0.05, 0.1) is 0 Å². The second kappa shape index (κ2) is 13.8. The molecule has 0 bridgehead atoms. The molecule has 0 aromatic heterocycles. The van der Waals surface area contributed by atoms with Gasteiger partial charge in [0.15, 0.2) is 0 Å². The Morgan fingerprint density at radius 3 is 1.25 bits per heavy atom. The molecule has 0 aromatic carbocycles. The summed E-state index contributed by atoms with van der Waals surface area (Å²) in [4.78, 5) is 29.1. The van der Waals surface area contributed by atoms with Crippen molar-refractivity contribution in [3.8, 4) is 0 Å². The van der Waals surface area contributed by atoms with Crippen LogP contribution in [0.3, 0.4) is 0 Å². The Bertz CT molecular complexity index is 203. The summed E-state index contributed by atoms with van der Waals surface area (Å²) in [5.74, 6) is 0.234. The van der Waals surface area contributed by atoms with Crippen LogP contribution in [0.5, 0.6) is 0 Å². The molecule has 0 aliphatic rings. The molecular formula is C12H24O4. The molecule has 0 aliphatic heterocycles. The van der Waals surface area contributed by atoms with Crippen LogP contribution in [-0.2, 0) is 14.4 Å². The van der Waals surface area contributed by atoms with Gasteiger partial charge in [0.1, 0.15) is 11.6 Å². The number of carbonyl (C=O) groups is 3. The van der Waals surface area contributed by atoms with E-state index in [1.807, 2.05) is 20.8 Å². The Labute approximate surface area is 98.0 Å². The van der Waals surface area contributed by atoms with Crippen molar-refractivity contribution in [2.24, 2.45) is 5.92 Å². The van der Waals surface area contributed by atoms with Crippen LogP contribution in [0.4, 0.5) is 0 Å². The third-order valence-electron chi connectivity index (χ3n) is 1.19. The number of hydrogen-bond donors (Lipinski definition) is 1. The van der Waals surface area contributed by atoms with Gasteiger partial charge in [-0.2, -0.15) is 0 Å². The van der Waals surface area contributed by atoms with Gasteiger partial charge in [-0.1, -0.05) is 20.8 Å². The lowest BCUT2D eigenvalue weighted by Crippen LogP contribution is -1.95. The van der Waals surface area contributed by atoms with Crippen molar-refractivity contribution in [2.45, 2.75) is 54.4 Å². The van der Waals surface area contributed by atoms with E-state index in [0.717, 1.165) is 13.3 Å². The Morgan fingerprint density at radius 2 is 1.25 bits per heavy atom. The van der Waals surface area contributed by atoms with Crippen LogP contribution in [-0.4, -0.2) is 22.6 Å². The van der Waals surface area contributed by atoms with Crippen LogP contribution in [0.2, 0.25) is 0 Å². The van der Waals surface area contributed by atoms with Crippen molar-refractivity contribution < 1.29 is 19.5 Å². The zero-order chi connectivity index (χ0) is 13.7. The Kier molecular flexibility index (Phi) is 17.5. The van der Waals surface area contributed by atoms with Crippen molar-refractivity contribution in [3.63, 3.8) is 0 Å². The molecule has 0 aromatic rings. The van der Waals surface area contributed by atoms with Crippen LogP contribution < -0.4 is 0 Å². The first-order chi connectivity index (χ1) is 7.13. The first kappa shape index (κ1) is 20.3. The van der Waals surface area contributed by atoms with Crippen LogP contribution in [0, 0.1) is 5.92 Å². The number of ketones is 2. The molecular weight excluding hydrogens is 208 g/mol. The van der Waals surface area contributed by atoms with Crippen molar-refractivity contribution in [3.05, 3.63) is 0 Å². The minimum atomic E-state index is -0.833. The molecule has 0 spiro atoms. The zero-order valence-corrected chi connectivity index (χ0v) is 11.2. The number of carboxylic acid groups (broad SMARTS) is 1. The molecule has 16 heavy (non-hydrogen) atoms. The summed E-state index contributed by atoms with van der Waals surface area (Å²) in [5, 5.41) is 7.42. The first-order valence-corrected chi connectivity index (χ1v) is 5.31. The molecule has 96 valence electrons. The summed E-state index contributed by atoms with van der Waals surface area (Å²) in [7, 11) is 0. The highest BCUT2D eigenvalue weighted by Gasteiger charge is 1.95. The predicted octanol–water partition coefficient (Wildman–Crippen LogP) is 2.70. The molecule has 0 radical (unpaired) electrons. The lowest BCUT2D eigenvalue weighted by atomic mass is 10.1. The second-order valence-electron chi connectivity index (χ2n) is 3.87. The summed E-state index contributed by atoms with van der Waals surface area (Å²) in [6, 6.07) is 0. The lowest BCUT2D eigenvalue weighted by molar-refractivity contribution is -0.134. The number of hydrogen-bond acceptors (Lipinski definition) is 3. The SMILES string of the molecule is CC(=O)CC(C)C.CC(=O)O.CCC(C)=O. The third-order valence-corrected chi connectivity index (χ3v) is 1.19. The number of Topliss-reactive ketones (excluding diaryl/α,β-unsaturated/α-hetero) is 2. The Hall–Kier alpha value is -1.19. The van der Waals surface area contributed by atoms with E-state index in [1.165, 1.54) is 0 Å². The van der Waals surface area contributed by atoms with Crippen LogP contribution in [0.15, 0.2) is 0 Å². The second-order valence-corrected chi connectivity index (χ2v) is 3.87. The Morgan fingerprint density at radius 1 is 1.00 bits per heavy atom. The van der Waals surface area contributed by atoms with Gasteiger partial charge >= 0.3 is 0 Å². The third kappa shape index (κ3) is 77.2. The fourth-order valence-electron chi connectivity index (χ4n) is 0.575. The largest absolute Gasteiger partial charge is 0.481 e. The topological polar surface area (TPSA) is 71.4 Å². The quantitative estimate of drug-likeness (QED) is 0.812. The molecule has 0 saturated carbocycles. The van der Waals surface area contributed by atoms with Crippen molar-refractivity contribution in [1.82, 2.24) is 0 Å². The molecule has 0 fully saturated rings. The van der Waals surface area contributed by atoms with Gasteiger partial charge in [-0.15, -0.1) is 0 Å². The summed E-state index contributed by atoms with van der Waals surface area (Å²) in [5.41, 5.74) is 0. The molecule has 0 heterocycles. The van der Waals surface area contributed by atoms with Crippen LogP contribution in [0.1, 0.15) is 54.4 Å². The van der Waals surface area contributed by atoms with E-state index in [-0.39, 0.29) is 11.6 Å². The van der Waals surface area contributed by atoms with Crippen molar-refractivity contribution in [2.75, 3.05) is 0 Å². The molecule has 0 rings (SSSR count). The van der Waals surface area contributed by atoms with Gasteiger partial charge < -0.3 is 14.7 Å². The summed E-state index contributed by atoms with van der Waals surface area (Å²) in [6.45, 7) is 10.2. The summed E-state index contributed by atoms with van der Waals surface area (Å²) >= 11 is 0. The molecule has 0 saturated heterocycles. The standard InChI is InChI=1S/C6H12O.C4H8O.C2H4O2/c1-5(2)4-6(3)7;1-3-4(2)5;1-2(3)4/h5H,4H2,1-3H3;3H2,1-2H3;1H3,(H,3,4). The first-order valence-electron chi connectivity index (χ1n) is 5.31. The van der Waals surface area contributed by atoms with Gasteiger partial charge in [0.25, 0.3) is 5.97 Å². The van der Waals surface area contributed by atoms with Gasteiger partial charge in [0.2, 0.25) is 0 Å². The van der Waals surface area contributed by atoms with Crippen LogP contribution >= 0.6 is 0 Å². The molecule has 0 aliphatic carbocycles. The van der Waals surface area contributed by atoms with E-state index in [1.54, 1.807) is 13.8 Å². The normalized spacial score (nSPS) is 8.19. The average Bonchev–Trinajstić information content (AvgIpc) is 2.01. The maximum Gasteiger partial charge on any atom is 0.300 e. The fraction of sp³-hybridized carbons (Fsp3) is 0.750. The van der Waals surface area contributed by atoms with Crippen molar-refractivity contribution in [1.29, 1.82) is 0 Å². The molecule has 4 heteroatoms. The highest BCUT2D eigenvalue weighted by Crippen LogP contribution is 1.97. The van der Waals surface area contributed by atoms with Gasteiger partial charge in [-0.05, 0) is 19.8 Å². The number of aliphatic carboxylic acids is 1. The number of rotatable bonds is 3. The highest BCUT2D eigenvalue weighted by molar-refractivity contribution is 5.75. The minimum Gasteiger partial charge on any atom is -0.481 e. The van der Waals surface area contributed by atoms with E-state index in [9.17, 15) is 9.59 Å². The van der Waals surface area contributed by atoms with Gasteiger partial charge in [-0.25, -0.2) is 0 Å². The average molecular weight is 232 g/mol. The number of carboxylic acids is 1. The predicted molar refractivity (Wildman–Crippen MR) is 64.4 cm³/mol. The van der Waals surface area contributed by atoms with E-state index >= 15 is 0 Å². The van der Waals surface area contributed by atoms with Gasteiger partial charge in [0, 0.05) is 19.8 Å². The lowest BCUT2D eigenvalue weighted by Gasteiger charge is -1.95. The smallest absolute Gasteiger partial charge is 0.300 e. The van der Waals surface area contributed by atoms with Gasteiger partial charge in [-0.3, -0.25) is 4.79 Å². The van der Waals surface area contributed by atoms with E-state index in [4.69, 9.17) is 9.90 Å². The molecule has 0 amide bonds. The zero-order valence-electron chi connectivity index (χ0n) is 11.2. The summed E-state index contributed by atoms with van der Waals surface area (Å²) in [6.07, 6.45) is 1.39. The highest BCUT2D eigenvalue weighted by atomic mass is 16.4. The fourth-order valence-corrected chi connectivity index (χ4v) is 0.575. The van der Waals surface area contributed by atoms with E-state index in [0.29, 0.717) is 12.3 Å². The molecule has 0 atom stereocenters. The van der Waals surface area contributed by atoms with E-state index < -0.39 is 5.97 Å². The Balaban J connectivity index is -0.000000166. The maximum atomic E-state index is 10.3. The maximum absolute atomic E-state index is 10.3. The molecule has 4 nitrogen and oxygen atoms in total. The van der Waals surface area contributed by atoms with E-state index in [2.05, 4.69) is 0 Å². The monoisotopic (exact) mass is 232 g/mol. The minimum absolute atomic E-state index is 0.255. The van der Waals surface area contributed by atoms with Crippen molar-refractivity contribution >= 4 is 17.5 Å². The molecule has 0 unspecified atom stereocenters.